The van der Waals surface area contributed by atoms with E-state index in [-0.39, 0.29) is 24.0 Å². The van der Waals surface area contributed by atoms with Gasteiger partial charge in [0.05, 0.1) is 0 Å². The van der Waals surface area contributed by atoms with Crippen LogP contribution < -0.4 is 15.5 Å². The third-order valence-electron chi connectivity index (χ3n) is 6.81. The summed E-state index contributed by atoms with van der Waals surface area (Å²) >= 11 is 0. The van der Waals surface area contributed by atoms with E-state index in [4.69, 9.17) is 4.99 Å². The van der Waals surface area contributed by atoms with Gasteiger partial charge in [0.25, 0.3) is 0 Å². The van der Waals surface area contributed by atoms with E-state index in [0.29, 0.717) is 12.0 Å². The van der Waals surface area contributed by atoms with Crippen LogP contribution in [0.5, 0.6) is 0 Å². The van der Waals surface area contributed by atoms with Crippen molar-refractivity contribution in [3.63, 3.8) is 0 Å². The summed E-state index contributed by atoms with van der Waals surface area (Å²) in [6, 6.07) is 5.41. The Balaban J connectivity index is 0.00000272. The van der Waals surface area contributed by atoms with Crippen molar-refractivity contribution in [3.05, 3.63) is 29.8 Å². The van der Waals surface area contributed by atoms with Gasteiger partial charge in [-0.3, -0.25) is 9.89 Å². The number of guanidine groups is 1. The number of nitrogens with zero attached hydrogens (tertiary/aromatic N) is 3. The molecule has 0 aromatic heterocycles. The van der Waals surface area contributed by atoms with Crippen LogP contribution in [0, 0.1) is 17.6 Å². The average molecular weight is 547 g/mol. The van der Waals surface area contributed by atoms with Gasteiger partial charge in [-0.15, -0.1) is 24.0 Å². The van der Waals surface area contributed by atoms with E-state index in [9.17, 15) is 8.78 Å². The first kappa shape index (κ1) is 24.5. The van der Waals surface area contributed by atoms with Gasteiger partial charge in [-0.05, 0) is 50.7 Å². The standard InChI is InChI=1S/C23H35F2N5.HI/c1-2-26-23(28-18-10-12-30(16-18)19-5-3-4-6-19)27-14-17-9-11-29(15-17)20-7-8-21(24)22(25)13-20;/h7-8,13,17-19H,2-6,9-12,14-16H2,1H3,(H2,26,27,28);1H. The fourth-order valence-electron chi connectivity index (χ4n) is 5.14. The predicted octanol–water partition coefficient (Wildman–Crippen LogP) is 3.98. The highest BCUT2D eigenvalue weighted by molar-refractivity contribution is 14.0. The number of nitrogens with one attached hydrogen (secondary N) is 2. The maximum absolute atomic E-state index is 13.5. The first-order valence-corrected chi connectivity index (χ1v) is 11.6. The van der Waals surface area contributed by atoms with Gasteiger partial charge in [-0.1, -0.05) is 12.8 Å². The summed E-state index contributed by atoms with van der Waals surface area (Å²) in [7, 11) is 0. The molecule has 174 valence electrons. The molecule has 8 heteroatoms. The molecule has 2 saturated heterocycles. The van der Waals surface area contributed by atoms with Gasteiger partial charge < -0.3 is 15.5 Å². The maximum Gasteiger partial charge on any atom is 0.191 e. The lowest BCUT2D eigenvalue weighted by Crippen LogP contribution is -2.45. The summed E-state index contributed by atoms with van der Waals surface area (Å²) in [5.41, 5.74) is 0.753. The zero-order valence-corrected chi connectivity index (χ0v) is 20.8. The smallest absolute Gasteiger partial charge is 0.191 e. The zero-order valence-electron chi connectivity index (χ0n) is 18.5. The average Bonchev–Trinajstić information content (AvgIpc) is 3.50. The van der Waals surface area contributed by atoms with Gasteiger partial charge in [-0.25, -0.2) is 8.78 Å². The van der Waals surface area contributed by atoms with Gasteiger partial charge in [0.1, 0.15) is 0 Å². The molecule has 3 fully saturated rings. The van der Waals surface area contributed by atoms with Crippen LogP contribution in [0.2, 0.25) is 0 Å². The Morgan fingerprint density at radius 3 is 2.61 bits per heavy atom. The number of benzene rings is 1. The Bertz CT molecular complexity index is 741. The quantitative estimate of drug-likeness (QED) is 0.322. The van der Waals surface area contributed by atoms with Crippen LogP contribution in [-0.2, 0) is 0 Å². The van der Waals surface area contributed by atoms with E-state index < -0.39 is 11.6 Å². The molecule has 1 aliphatic carbocycles. The molecule has 2 aliphatic heterocycles. The van der Waals surface area contributed by atoms with Crippen molar-refractivity contribution < 1.29 is 8.78 Å². The molecule has 2 heterocycles. The van der Waals surface area contributed by atoms with E-state index in [0.717, 1.165) is 56.8 Å². The highest BCUT2D eigenvalue weighted by atomic mass is 127. The molecule has 2 atom stereocenters. The lowest BCUT2D eigenvalue weighted by atomic mass is 10.1. The Kier molecular flexibility index (Phi) is 9.18. The summed E-state index contributed by atoms with van der Waals surface area (Å²) in [5.74, 6) is -0.246. The molecule has 2 unspecified atom stereocenters. The summed E-state index contributed by atoms with van der Waals surface area (Å²) in [4.78, 5) is 9.64. The number of likely N-dealkylation sites (tertiary alicyclic amines) is 1. The summed E-state index contributed by atoms with van der Waals surface area (Å²) in [6.45, 7) is 7.67. The molecule has 1 aromatic rings. The minimum atomic E-state index is -0.793. The molecular formula is C23H36F2IN5. The molecule has 0 bridgehead atoms. The van der Waals surface area contributed by atoms with Crippen LogP contribution in [0.3, 0.4) is 0 Å². The van der Waals surface area contributed by atoms with E-state index in [1.165, 1.54) is 50.8 Å². The highest BCUT2D eigenvalue weighted by Crippen LogP contribution is 2.27. The number of anilines is 1. The third-order valence-corrected chi connectivity index (χ3v) is 6.81. The van der Waals surface area contributed by atoms with Crippen molar-refractivity contribution in [1.29, 1.82) is 0 Å². The molecular weight excluding hydrogens is 511 g/mol. The maximum atomic E-state index is 13.5. The monoisotopic (exact) mass is 547 g/mol. The Morgan fingerprint density at radius 2 is 1.87 bits per heavy atom. The number of halogens is 3. The predicted molar refractivity (Wildman–Crippen MR) is 133 cm³/mol. The van der Waals surface area contributed by atoms with Gasteiger partial charge >= 0.3 is 0 Å². The Morgan fingerprint density at radius 1 is 1.06 bits per heavy atom. The van der Waals surface area contributed by atoms with E-state index in [2.05, 4.69) is 27.4 Å². The molecule has 4 rings (SSSR count). The second-order valence-corrected chi connectivity index (χ2v) is 8.98. The molecule has 2 N–H and O–H groups in total. The van der Waals surface area contributed by atoms with Gasteiger partial charge in [0.2, 0.25) is 0 Å². The minimum Gasteiger partial charge on any atom is -0.371 e. The van der Waals surface area contributed by atoms with E-state index in [1.54, 1.807) is 6.07 Å². The molecule has 0 radical (unpaired) electrons. The second-order valence-electron chi connectivity index (χ2n) is 8.98. The number of aliphatic imine (C=N–C) groups is 1. The molecule has 1 saturated carbocycles. The van der Waals surface area contributed by atoms with Gasteiger partial charge in [-0.2, -0.15) is 0 Å². The van der Waals surface area contributed by atoms with Gasteiger partial charge in [0, 0.05) is 63.1 Å². The topological polar surface area (TPSA) is 42.9 Å². The van der Waals surface area contributed by atoms with Crippen LogP contribution in [0.25, 0.3) is 0 Å². The van der Waals surface area contributed by atoms with Crippen LogP contribution in [-0.4, -0.2) is 62.2 Å². The van der Waals surface area contributed by atoms with Crippen LogP contribution in [0.15, 0.2) is 23.2 Å². The third kappa shape index (κ3) is 6.43. The van der Waals surface area contributed by atoms with E-state index in [1.807, 2.05) is 0 Å². The molecule has 5 nitrogen and oxygen atoms in total. The minimum absolute atomic E-state index is 0. The van der Waals surface area contributed by atoms with Crippen molar-refractivity contribution in [3.8, 4) is 0 Å². The first-order chi connectivity index (χ1) is 14.6. The SMILES string of the molecule is CCNC(=NCC1CCN(c2ccc(F)c(F)c2)C1)NC1CCN(C2CCCC2)C1.I. The second kappa shape index (κ2) is 11.6. The number of rotatable bonds is 6. The highest BCUT2D eigenvalue weighted by Gasteiger charge is 2.30. The van der Waals surface area contributed by atoms with Crippen molar-refractivity contribution in [2.24, 2.45) is 10.9 Å². The van der Waals surface area contributed by atoms with E-state index >= 15 is 0 Å². The Labute approximate surface area is 202 Å². The van der Waals surface area contributed by atoms with Crippen molar-refractivity contribution >= 4 is 35.6 Å². The summed E-state index contributed by atoms with van der Waals surface area (Å²) in [6.07, 6.45) is 7.67. The molecule has 0 spiro atoms. The normalized spacial score (nSPS) is 25.1. The van der Waals surface area contributed by atoms with Crippen molar-refractivity contribution in [1.82, 2.24) is 15.5 Å². The van der Waals surface area contributed by atoms with Crippen LogP contribution >= 0.6 is 24.0 Å². The molecule has 31 heavy (non-hydrogen) atoms. The van der Waals surface area contributed by atoms with Gasteiger partial charge in [0.15, 0.2) is 17.6 Å². The molecule has 1 aromatic carbocycles. The fourth-order valence-corrected chi connectivity index (χ4v) is 5.14. The number of hydrogen-bond donors (Lipinski definition) is 2. The number of hydrogen-bond acceptors (Lipinski definition) is 3. The van der Waals surface area contributed by atoms with Crippen molar-refractivity contribution in [2.45, 2.75) is 57.5 Å². The van der Waals surface area contributed by atoms with Crippen molar-refractivity contribution in [2.75, 3.05) is 44.2 Å². The lowest BCUT2D eigenvalue weighted by molar-refractivity contribution is 0.242. The first-order valence-electron chi connectivity index (χ1n) is 11.6. The lowest BCUT2D eigenvalue weighted by Gasteiger charge is -2.24. The van der Waals surface area contributed by atoms with Crippen LogP contribution in [0.1, 0.15) is 45.4 Å². The Hall–Kier alpha value is -1.16. The molecule has 0 amide bonds. The summed E-state index contributed by atoms with van der Waals surface area (Å²) in [5, 5.41) is 7.03. The summed E-state index contributed by atoms with van der Waals surface area (Å²) < 4.78 is 26.7. The zero-order chi connectivity index (χ0) is 20.9. The largest absolute Gasteiger partial charge is 0.371 e. The fraction of sp³-hybridized carbons (Fsp3) is 0.696. The van der Waals surface area contributed by atoms with Crippen LogP contribution in [0.4, 0.5) is 14.5 Å². The molecule has 3 aliphatic rings.